The van der Waals surface area contributed by atoms with E-state index in [0.29, 0.717) is 0 Å². The summed E-state index contributed by atoms with van der Waals surface area (Å²) in [6, 6.07) is 0. The highest BCUT2D eigenvalue weighted by Gasteiger charge is 1.85. The highest BCUT2D eigenvalue weighted by Crippen LogP contribution is 2.05. The van der Waals surface area contributed by atoms with E-state index in [1.807, 2.05) is 11.1 Å². The van der Waals surface area contributed by atoms with E-state index in [-0.39, 0.29) is 0 Å². The standard InChI is InChI=1S/C9H17Br.C3H5I/c1-2-3-4-5-6-7-8-9-10;1-2-3-4/h8-9H,2-7H2,1H3;2H,1,3H2. The van der Waals surface area contributed by atoms with Crippen LogP contribution in [0.25, 0.3) is 0 Å². The van der Waals surface area contributed by atoms with Crippen molar-refractivity contribution in [3.05, 3.63) is 23.7 Å². The van der Waals surface area contributed by atoms with Crippen LogP contribution >= 0.6 is 38.5 Å². The molecule has 2 heteroatoms. The highest BCUT2D eigenvalue weighted by atomic mass is 127. The van der Waals surface area contributed by atoms with Crippen molar-refractivity contribution in [2.45, 2.75) is 45.4 Å². The third kappa shape index (κ3) is 23.0. The van der Waals surface area contributed by atoms with Crippen molar-refractivity contribution >= 4 is 38.5 Å². The molecule has 0 nitrogen and oxygen atoms in total. The molecule has 0 aliphatic rings. The van der Waals surface area contributed by atoms with Crippen LogP contribution in [0, 0.1) is 0 Å². The summed E-state index contributed by atoms with van der Waals surface area (Å²) in [6.45, 7) is 5.72. The van der Waals surface area contributed by atoms with Crippen molar-refractivity contribution in [1.82, 2.24) is 0 Å². The summed E-state index contributed by atoms with van der Waals surface area (Å²) in [4.78, 5) is 1.95. The van der Waals surface area contributed by atoms with Crippen LogP contribution in [0.4, 0.5) is 0 Å². The van der Waals surface area contributed by atoms with Gasteiger partial charge in [0.25, 0.3) is 0 Å². The molecule has 0 aliphatic carbocycles. The van der Waals surface area contributed by atoms with E-state index in [9.17, 15) is 0 Å². The van der Waals surface area contributed by atoms with Gasteiger partial charge in [-0.25, -0.2) is 0 Å². The fraction of sp³-hybridized carbons (Fsp3) is 0.667. The van der Waals surface area contributed by atoms with Gasteiger partial charge in [0.1, 0.15) is 0 Å². The lowest BCUT2D eigenvalue weighted by atomic mass is 10.1. The van der Waals surface area contributed by atoms with Crippen LogP contribution in [0.15, 0.2) is 23.7 Å². The molecule has 0 N–H and O–H groups in total. The molecule has 0 atom stereocenters. The van der Waals surface area contributed by atoms with Crippen LogP contribution in [-0.2, 0) is 0 Å². The van der Waals surface area contributed by atoms with Gasteiger partial charge in [-0.15, -0.1) is 6.58 Å². The molecule has 0 aromatic heterocycles. The molecule has 0 spiro atoms. The normalized spacial score (nSPS) is 9.64. The zero-order valence-corrected chi connectivity index (χ0v) is 12.9. The number of unbranched alkanes of at least 4 members (excludes halogenated alkanes) is 5. The van der Waals surface area contributed by atoms with Crippen LogP contribution in [0.2, 0.25) is 0 Å². The topological polar surface area (TPSA) is 0 Å². The van der Waals surface area contributed by atoms with Crippen molar-refractivity contribution in [3.63, 3.8) is 0 Å². The lowest BCUT2D eigenvalue weighted by molar-refractivity contribution is 0.637. The number of hydrogen-bond acceptors (Lipinski definition) is 0. The van der Waals surface area contributed by atoms with Crippen LogP contribution in [-0.4, -0.2) is 4.43 Å². The first-order valence-electron chi connectivity index (χ1n) is 5.25. The monoisotopic (exact) mass is 372 g/mol. The SMILES string of the molecule is C=CCI.CCCCCCCC=CBr. The molecule has 0 saturated carbocycles. The first-order valence-corrected chi connectivity index (χ1v) is 7.69. The zero-order valence-electron chi connectivity index (χ0n) is 9.14. The van der Waals surface area contributed by atoms with Crippen molar-refractivity contribution in [2.24, 2.45) is 0 Å². The van der Waals surface area contributed by atoms with Gasteiger partial charge in [0, 0.05) is 4.43 Å². The Morgan fingerprint density at radius 1 is 1.21 bits per heavy atom. The van der Waals surface area contributed by atoms with Crippen LogP contribution in [0.5, 0.6) is 0 Å². The minimum absolute atomic E-state index is 1.05. The second kappa shape index (κ2) is 19.3. The third-order valence-electron chi connectivity index (χ3n) is 1.67. The lowest BCUT2D eigenvalue weighted by Gasteiger charge is -1.94. The molecule has 84 valence electrons. The van der Waals surface area contributed by atoms with Crippen LogP contribution < -0.4 is 0 Å². The summed E-state index contributed by atoms with van der Waals surface area (Å²) in [5, 5.41) is 0. The molecule has 0 amide bonds. The van der Waals surface area contributed by atoms with Crippen molar-refractivity contribution in [3.8, 4) is 0 Å². The average molecular weight is 373 g/mol. The molecule has 0 bridgehead atoms. The number of halogens is 2. The van der Waals surface area contributed by atoms with Gasteiger partial charge in [-0.2, -0.15) is 0 Å². The Bertz CT molecular complexity index is 121. The molecule has 0 rings (SSSR count). The molecule has 0 radical (unpaired) electrons. The Morgan fingerprint density at radius 3 is 2.21 bits per heavy atom. The molecule has 14 heavy (non-hydrogen) atoms. The van der Waals surface area contributed by atoms with Crippen molar-refractivity contribution < 1.29 is 0 Å². The maximum Gasteiger partial charge on any atom is 0.0173 e. The largest absolute Gasteiger partial charge is 0.102 e. The summed E-state index contributed by atoms with van der Waals surface area (Å²) >= 11 is 5.48. The van der Waals surface area contributed by atoms with Gasteiger partial charge in [0.05, 0.1) is 0 Å². The van der Waals surface area contributed by atoms with Crippen molar-refractivity contribution in [2.75, 3.05) is 4.43 Å². The average Bonchev–Trinajstić information content (AvgIpc) is 2.24. The quantitative estimate of drug-likeness (QED) is 0.227. The molecule has 0 aliphatic heterocycles. The first-order chi connectivity index (χ1) is 6.83. The van der Waals surface area contributed by atoms with Crippen LogP contribution in [0.3, 0.4) is 0 Å². The first kappa shape index (κ1) is 17.1. The smallest absolute Gasteiger partial charge is 0.0173 e. The van der Waals surface area contributed by atoms with E-state index in [4.69, 9.17) is 0 Å². The van der Waals surface area contributed by atoms with Gasteiger partial charge in [0.2, 0.25) is 0 Å². The summed E-state index contributed by atoms with van der Waals surface area (Å²) in [5.41, 5.74) is 0. The molecule has 0 aromatic rings. The van der Waals surface area contributed by atoms with Gasteiger partial charge < -0.3 is 0 Å². The summed E-state index contributed by atoms with van der Waals surface area (Å²) in [7, 11) is 0. The summed E-state index contributed by atoms with van der Waals surface area (Å²) in [6.07, 6.45) is 12.2. The van der Waals surface area contributed by atoms with Gasteiger partial charge in [0.15, 0.2) is 0 Å². The lowest BCUT2D eigenvalue weighted by Crippen LogP contribution is -1.75. The Kier molecular flexibility index (Phi) is 23.6. The minimum atomic E-state index is 1.05. The van der Waals surface area contributed by atoms with E-state index in [2.05, 4.69) is 58.1 Å². The fourth-order valence-electron chi connectivity index (χ4n) is 0.929. The third-order valence-corrected chi connectivity index (χ3v) is 2.67. The van der Waals surface area contributed by atoms with Gasteiger partial charge in [-0.05, 0) is 17.8 Å². The number of alkyl halides is 1. The van der Waals surface area contributed by atoms with E-state index in [1.54, 1.807) is 0 Å². The maximum atomic E-state index is 3.47. The highest BCUT2D eigenvalue weighted by molar-refractivity contribution is 14.1. The molecule has 0 saturated heterocycles. The van der Waals surface area contributed by atoms with E-state index in [1.165, 1.54) is 38.5 Å². The molecule has 0 aromatic carbocycles. The number of hydrogen-bond donors (Lipinski definition) is 0. The Balaban J connectivity index is 0. The molecule has 0 heterocycles. The molecule has 0 unspecified atom stereocenters. The van der Waals surface area contributed by atoms with E-state index < -0.39 is 0 Å². The Hall–Kier alpha value is 0.690. The molecular weight excluding hydrogens is 351 g/mol. The van der Waals surface area contributed by atoms with Crippen molar-refractivity contribution in [1.29, 1.82) is 0 Å². The zero-order chi connectivity index (χ0) is 11.1. The van der Waals surface area contributed by atoms with Gasteiger partial charge in [-0.3, -0.25) is 0 Å². The maximum absolute atomic E-state index is 3.47. The predicted molar refractivity (Wildman–Crippen MR) is 80.5 cm³/mol. The number of allylic oxidation sites excluding steroid dienone is 2. The van der Waals surface area contributed by atoms with Gasteiger partial charge in [-0.1, -0.05) is 83.3 Å². The Morgan fingerprint density at radius 2 is 1.79 bits per heavy atom. The second-order valence-corrected chi connectivity index (χ2v) is 4.42. The predicted octanol–water partition coefficient (Wildman–Crippen LogP) is 5.86. The van der Waals surface area contributed by atoms with E-state index in [0.717, 1.165) is 4.43 Å². The molecular formula is C12H22BrI. The molecule has 0 fully saturated rings. The van der Waals surface area contributed by atoms with Gasteiger partial charge >= 0.3 is 0 Å². The second-order valence-electron chi connectivity index (χ2n) is 3.01. The van der Waals surface area contributed by atoms with E-state index >= 15 is 0 Å². The summed E-state index contributed by atoms with van der Waals surface area (Å²) in [5.74, 6) is 0. The minimum Gasteiger partial charge on any atom is -0.102 e. The van der Waals surface area contributed by atoms with Crippen LogP contribution in [0.1, 0.15) is 45.4 Å². The summed E-state index contributed by atoms with van der Waals surface area (Å²) < 4.78 is 1.05. The number of rotatable bonds is 7. The fourth-order valence-corrected chi connectivity index (χ4v) is 1.19. The Labute approximate surface area is 112 Å².